The van der Waals surface area contributed by atoms with E-state index in [1.165, 1.54) is 0 Å². The van der Waals surface area contributed by atoms with Gasteiger partial charge in [-0.25, -0.2) is 9.83 Å². The molecule has 1 aliphatic carbocycles. The van der Waals surface area contributed by atoms with Gasteiger partial charge < -0.3 is 14.9 Å². The van der Waals surface area contributed by atoms with Gasteiger partial charge in [0.15, 0.2) is 5.69 Å². The molecular formula is C20H26N4O2. The molecule has 3 heterocycles. The van der Waals surface area contributed by atoms with E-state index in [4.69, 9.17) is 6.57 Å². The molecule has 2 saturated heterocycles. The zero-order chi connectivity index (χ0) is 18.1. The molecule has 1 N–H and O–H groups in total. The quantitative estimate of drug-likeness (QED) is 0.830. The highest BCUT2D eigenvalue weighted by Gasteiger charge is 2.50. The molecular weight excluding hydrogens is 328 g/mol. The number of aromatic nitrogens is 1. The zero-order valence-electron chi connectivity index (χ0n) is 15.1. The molecule has 4 rings (SSSR count). The number of piperidine rings is 1. The average molecular weight is 354 g/mol. The van der Waals surface area contributed by atoms with Crippen molar-refractivity contribution in [3.63, 3.8) is 0 Å². The average Bonchev–Trinajstić information content (AvgIpc) is 2.99. The minimum absolute atomic E-state index is 0.181. The van der Waals surface area contributed by atoms with Gasteiger partial charge in [-0.2, -0.15) is 0 Å². The minimum Gasteiger partial charge on any atom is -0.393 e. The summed E-state index contributed by atoms with van der Waals surface area (Å²) in [7, 11) is 0. The minimum atomic E-state index is -0.204. The molecule has 6 nitrogen and oxygen atoms in total. The summed E-state index contributed by atoms with van der Waals surface area (Å²) >= 11 is 0. The number of carbonyl (C=O) groups is 1. The van der Waals surface area contributed by atoms with Gasteiger partial charge in [-0.15, -0.1) is 0 Å². The van der Waals surface area contributed by atoms with E-state index in [1.54, 1.807) is 12.3 Å². The lowest BCUT2D eigenvalue weighted by Gasteiger charge is -2.40. The Labute approximate surface area is 154 Å². The number of amides is 1. The van der Waals surface area contributed by atoms with E-state index >= 15 is 0 Å². The van der Waals surface area contributed by atoms with Gasteiger partial charge in [0, 0.05) is 31.9 Å². The number of anilines is 1. The van der Waals surface area contributed by atoms with Gasteiger partial charge >= 0.3 is 0 Å². The van der Waals surface area contributed by atoms with Crippen LogP contribution in [0.15, 0.2) is 18.3 Å². The van der Waals surface area contributed by atoms with Gasteiger partial charge in [0.2, 0.25) is 5.91 Å². The molecule has 1 spiro atoms. The van der Waals surface area contributed by atoms with E-state index in [1.807, 2.05) is 6.07 Å². The van der Waals surface area contributed by atoms with Crippen LogP contribution in [0, 0.1) is 12.0 Å². The summed E-state index contributed by atoms with van der Waals surface area (Å²) in [4.78, 5) is 25.4. The van der Waals surface area contributed by atoms with Gasteiger partial charge in [0.1, 0.15) is 5.82 Å². The van der Waals surface area contributed by atoms with Crippen molar-refractivity contribution in [1.29, 1.82) is 0 Å². The van der Waals surface area contributed by atoms with Gasteiger partial charge in [0.05, 0.1) is 18.1 Å². The van der Waals surface area contributed by atoms with Gasteiger partial charge in [-0.1, -0.05) is 0 Å². The van der Waals surface area contributed by atoms with Crippen LogP contribution < -0.4 is 4.90 Å². The third-order valence-electron chi connectivity index (χ3n) is 6.56. The highest BCUT2D eigenvalue weighted by molar-refractivity contribution is 5.85. The van der Waals surface area contributed by atoms with E-state index in [-0.39, 0.29) is 11.5 Å². The fourth-order valence-corrected chi connectivity index (χ4v) is 4.84. The lowest BCUT2D eigenvalue weighted by atomic mass is 9.77. The monoisotopic (exact) mass is 354 g/mol. The SMILES string of the molecule is [C-]#[N+]c1ccnc(N2CCC3(CC2)CCN([C@H]2CC[C@@H](O)CC2)C3=O)c1. The van der Waals surface area contributed by atoms with Crippen molar-refractivity contribution in [2.45, 2.75) is 57.1 Å². The molecule has 3 aliphatic rings. The first kappa shape index (κ1) is 17.3. The highest BCUT2D eigenvalue weighted by atomic mass is 16.3. The van der Waals surface area contributed by atoms with Crippen molar-refractivity contribution in [2.75, 3.05) is 24.5 Å². The van der Waals surface area contributed by atoms with Gasteiger partial charge in [0.25, 0.3) is 0 Å². The Morgan fingerprint density at radius 1 is 1.15 bits per heavy atom. The lowest BCUT2D eigenvalue weighted by Crippen LogP contribution is -2.47. The van der Waals surface area contributed by atoms with Crippen molar-refractivity contribution in [3.8, 4) is 0 Å². The van der Waals surface area contributed by atoms with E-state index in [0.717, 1.165) is 70.4 Å². The molecule has 1 amide bonds. The first-order valence-corrected chi connectivity index (χ1v) is 9.69. The van der Waals surface area contributed by atoms with Gasteiger partial charge in [-0.3, -0.25) is 4.79 Å². The second kappa shape index (κ2) is 6.88. The Hall–Kier alpha value is -2.13. The van der Waals surface area contributed by atoms with E-state index < -0.39 is 0 Å². The molecule has 0 aromatic carbocycles. The number of hydrogen-bond acceptors (Lipinski definition) is 4. The second-order valence-electron chi connectivity index (χ2n) is 7.96. The fraction of sp³-hybridized carbons (Fsp3) is 0.650. The number of likely N-dealkylation sites (tertiary alicyclic amines) is 1. The molecule has 0 radical (unpaired) electrons. The highest BCUT2D eigenvalue weighted by Crippen LogP contribution is 2.44. The summed E-state index contributed by atoms with van der Waals surface area (Å²) < 4.78 is 0. The number of carbonyl (C=O) groups excluding carboxylic acids is 1. The number of aliphatic hydroxyl groups is 1. The number of aliphatic hydroxyl groups excluding tert-OH is 1. The summed E-state index contributed by atoms with van der Waals surface area (Å²) in [6.07, 6.45) is 7.69. The summed E-state index contributed by atoms with van der Waals surface area (Å²) in [5.74, 6) is 1.18. The molecule has 1 saturated carbocycles. The Bertz CT molecular complexity index is 713. The summed E-state index contributed by atoms with van der Waals surface area (Å²) in [5.41, 5.74) is 0.405. The number of hydrogen-bond donors (Lipinski definition) is 1. The third kappa shape index (κ3) is 3.05. The Morgan fingerprint density at radius 2 is 1.85 bits per heavy atom. The predicted octanol–water partition coefficient (Wildman–Crippen LogP) is 2.75. The molecule has 138 valence electrons. The van der Waals surface area contributed by atoms with Crippen LogP contribution in [0.4, 0.5) is 11.5 Å². The third-order valence-corrected chi connectivity index (χ3v) is 6.56. The number of rotatable bonds is 2. The van der Waals surface area contributed by atoms with Crippen LogP contribution in [-0.4, -0.2) is 52.7 Å². The summed E-state index contributed by atoms with van der Waals surface area (Å²) in [6, 6.07) is 3.88. The normalized spacial score (nSPS) is 28.4. The van der Waals surface area contributed by atoms with Crippen LogP contribution in [0.1, 0.15) is 44.9 Å². The van der Waals surface area contributed by atoms with Crippen LogP contribution in [-0.2, 0) is 4.79 Å². The largest absolute Gasteiger partial charge is 0.393 e. The second-order valence-corrected chi connectivity index (χ2v) is 7.96. The van der Waals surface area contributed by atoms with E-state index in [2.05, 4.69) is 19.6 Å². The maximum atomic E-state index is 13.2. The van der Waals surface area contributed by atoms with Crippen LogP contribution in [0.3, 0.4) is 0 Å². The van der Waals surface area contributed by atoms with Crippen molar-refractivity contribution in [2.24, 2.45) is 5.41 Å². The van der Waals surface area contributed by atoms with Crippen LogP contribution >= 0.6 is 0 Å². The van der Waals surface area contributed by atoms with Gasteiger partial charge in [-0.05, 0) is 57.1 Å². The smallest absolute Gasteiger partial charge is 0.229 e. The predicted molar refractivity (Wildman–Crippen MR) is 99.0 cm³/mol. The fourth-order valence-electron chi connectivity index (χ4n) is 4.84. The van der Waals surface area contributed by atoms with Crippen LogP contribution in [0.25, 0.3) is 4.85 Å². The topological polar surface area (TPSA) is 61.0 Å². The molecule has 0 unspecified atom stereocenters. The number of nitrogens with zero attached hydrogens (tertiary/aromatic N) is 4. The van der Waals surface area contributed by atoms with Crippen molar-refractivity contribution in [1.82, 2.24) is 9.88 Å². The zero-order valence-corrected chi connectivity index (χ0v) is 15.1. The standard InChI is InChI=1S/C20H26N4O2/c1-21-15-6-10-22-18(14-15)23-11-7-20(8-12-23)9-13-24(19(20)26)16-2-4-17(25)5-3-16/h6,10,14,16-17,25H,2-5,7-9,11-13H2/t16-,17+. The van der Waals surface area contributed by atoms with E-state index in [9.17, 15) is 9.90 Å². The maximum absolute atomic E-state index is 13.2. The first-order valence-electron chi connectivity index (χ1n) is 9.69. The molecule has 1 aromatic rings. The molecule has 26 heavy (non-hydrogen) atoms. The van der Waals surface area contributed by atoms with Crippen molar-refractivity contribution < 1.29 is 9.90 Å². The molecule has 1 aromatic heterocycles. The Balaban J connectivity index is 1.41. The van der Waals surface area contributed by atoms with Crippen molar-refractivity contribution in [3.05, 3.63) is 29.7 Å². The van der Waals surface area contributed by atoms with Crippen LogP contribution in [0.5, 0.6) is 0 Å². The molecule has 6 heteroatoms. The van der Waals surface area contributed by atoms with Crippen molar-refractivity contribution >= 4 is 17.4 Å². The Morgan fingerprint density at radius 3 is 2.54 bits per heavy atom. The Kier molecular flexibility index (Phi) is 4.58. The number of pyridine rings is 1. The molecule has 0 bridgehead atoms. The maximum Gasteiger partial charge on any atom is 0.229 e. The van der Waals surface area contributed by atoms with E-state index in [0.29, 0.717) is 17.6 Å². The molecule has 0 atom stereocenters. The molecule has 2 aliphatic heterocycles. The summed E-state index contributed by atoms with van der Waals surface area (Å²) in [6.45, 7) is 9.66. The first-order chi connectivity index (χ1) is 12.6. The molecule has 3 fully saturated rings. The lowest BCUT2D eigenvalue weighted by molar-refractivity contribution is -0.139. The van der Waals surface area contributed by atoms with Crippen LogP contribution in [0.2, 0.25) is 0 Å². The summed E-state index contributed by atoms with van der Waals surface area (Å²) in [5, 5.41) is 9.72.